The third-order valence-electron chi connectivity index (χ3n) is 2.94. The first-order chi connectivity index (χ1) is 8.66. The van der Waals surface area contributed by atoms with Gasteiger partial charge >= 0.3 is 0 Å². The Bertz CT molecular complexity index is 409. The fourth-order valence-electron chi connectivity index (χ4n) is 1.89. The minimum absolute atomic E-state index is 0.480. The lowest BCUT2D eigenvalue weighted by molar-refractivity contribution is 0.0398. The first-order valence-corrected chi connectivity index (χ1v) is 6.71. The summed E-state index contributed by atoms with van der Waals surface area (Å²) in [5.41, 5.74) is 7.32. The topological polar surface area (TPSA) is 50.5 Å². The van der Waals surface area contributed by atoms with Crippen molar-refractivity contribution in [3.8, 4) is 0 Å². The van der Waals surface area contributed by atoms with E-state index in [0.717, 1.165) is 45.1 Å². The van der Waals surface area contributed by atoms with Crippen LogP contribution < -0.4 is 11.1 Å². The molecule has 0 atom stereocenters. The second kappa shape index (κ2) is 6.48. The van der Waals surface area contributed by atoms with Crippen molar-refractivity contribution >= 4 is 34.6 Å². The average molecular weight is 290 g/mol. The minimum atomic E-state index is 0.480. The van der Waals surface area contributed by atoms with Crippen molar-refractivity contribution in [1.29, 1.82) is 0 Å². The maximum absolute atomic E-state index is 5.96. The lowest BCUT2D eigenvalue weighted by Crippen LogP contribution is -2.39. The highest BCUT2D eigenvalue weighted by molar-refractivity contribution is 6.42. The van der Waals surface area contributed by atoms with Gasteiger partial charge in [-0.3, -0.25) is 4.90 Å². The molecule has 1 aliphatic heterocycles. The highest BCUT2D eigenvalue weighted by Crippen LogP contribution is 2.30. The number of hydrogen-bond donors (Lipinski definition) is 2. The second-order valence-electron chi connectivity index (χ2n) is 4.23. The van der Waals surface area contributed by atoms with Gasteiger partial charge in [0.15, 0.2) is 0 Å². The first-order valence-electron chi connectivity index (χ1n) is 5.95. The van der Waals surface area contributed by atoms with Gasteiger partial charge in [-0.1, -0.05) is 23.2 Å². The van der Waals surface area contributed by atoms with Gasteiger partial charge in [0, 0.05) is 26.2 Å². The number of nitrogens with two attached hydrogens (primary N) is 1. The summed E-state index contributed by atoms with van der Waals surface area (Å²) in [5.74, 6) is 0. The highest BCUT2D eigenvalue weighted by Gasteiger charge is 2.10. The van der Waals surface area contributed by atoms with Gasteiger partial charge in [0.1, 0.15) is 0 Å². The van der Waals surface area contributed by atoms with E-state index in [-0.39, 0.29) is 0 Å². The maximum atomic E-state index is 5.96. The van der Waals surface area contributed by atoms with Gasteiger partial charge < -0.3 is 15.8 Å². The van der Waals surface area contributed by atoms with Gasteiger partial charge in [-0.2, -0.15) is 0 Å². The zero-order chi connectivity index (χ0) is 13.0. The third-order valence-corrected chi connectivity index (χ3v) is 3.66. The van der Waals surface area contributed by atoms with Crippen LogP contribution in [0.3, 0.4) is 0 Å². The van der Waals surface area contributed by atoms with E-state index >= 15 is 0 Å². The van der Waals surface area contributed by atoms with Gasteiger partial charge in [0.05, 0.1) is 34.6 Å². The molecule has 1 aromatic carbocycles. The average Bonchev–Trinajstić information content (AvgIpc) is 2.37. The summed E-state index contributed by atoms with van der Waals surface area (Å²) < 4.78 is 5.30. The molecule has 1 aromatic rings. The fraction of sp³-hybridized carbons (Fsp3) is 0.500. The molecular formula is C12H17Cl2N3O. The molecule has 2 rings (SSSR count). The van der Waals surface area contributed by atoms with Crippen LogP contribution in [0.2, 0.25) is 10.0 Å². The van der Waals surface area contributed by atoms with Gasteiger partial charge in [-0.15, -0.1) is 0 Å². The normalized spacial score (nSPS) is 16.8. The van der Waals surface area contributed by atoms with Crippen LogP contribution in [-0.2, 0) is 4.74 Å². The first kappa shape index (κ1) is 13.7. The Morgan fingerprint density at radius 1 is 1.22 bits per heavy atom. The third kappa shape index (κ3) is 3.65. The number of halogens is 2. The Balaban J connectivity index is 1.84. The zero-order valence-corrected chi connectivity index (χ0v) is 11.6. The molecule has 1 aliphatic rings. The lowest BCUT2D eigenvalue weighted by Gasteiger charge is -2.26. The summed E-state index contributed by atoms with van der Waals surface area (Å²) in [6.45, 7) is 5.38. The van der Waals surface area contributed by atoms with Crippen LogP contribution >= 0.6 is 23.2 Å². The van der Waals surface area contributed by atoms with Gasteiger partial charge in [-0.05, 0) is 12.1 Å². The standard InChI is InChI=1S/C12H17Cl2N3O/c13-9-7-11(15)12(8-10(9)14)16-1-2-17-3-5-18-6-4-17/h7-8,16H,1-6,15H2. The number of rotatable bonds is 4. The molecule has 0 aromatic heterocycles. The number of nitrogen functional groups attached to an aromatic ring is 1. The Hall–Kier alpha value is -0.680. The van der Waals surface area contributed by atoms with Crippen LogP contribution in [0.15, 0.2) is 12.1 Å². The van der Waals surface area contributed by atoms with Crippen molar-refractivity contribution in [1.82, 2.24) is 4.90 Å². The molecule has 1 saturated heterocycles. The van der Waals surface area contributed by atoms with Crippen LogP contribution in [0.25, 0.3) is 0 Å². The molecule has 100 valence electrons. The van der Waals surface area contributed by atoms with E-state index in [0.29, 0.717) is 15.7 Å². The predicted molar refractivity (Wildman–Crippen MR) is 76.6 cm³/mol. The van der Waals surface area contributed by atoms with Crippen molar-refractivity contribution in [2.24, 2.45) is 0 Å². The molecule has 6 heteroatoms. The molecule has 0 spiro atoms. The number of anilines is 2. The van der Waals surface area contributed by atoms with E-state index in [9.17, 15) is 0 Å². The van der Waals surface area contributed by atoms with Crippen molar-refractivity contribution < 1.29 is 4.74 Å². The molecule has 0 aliphatic carbocycles. The van der Waals surface area contributed by atoms with Crippen LogP contribution in [0.1, 0.15) is 0 Å². The summed E-state index contributed by atoms with van der Waals surface area (Å²) in [6.07, 6.45) is 0. The number of nitrogens with zero attached hydrogens (tertiary/aromatic N) is 1. The Labute approximate surface area is 117 Å². The van der Waals surface area contributed by atoms with Gasteiger partial charge in [0.2, 0.25) is 0 Å². The van der Waals surface area contributed by atoms with E-state index in [1.807, 2.05) is 0 Å². The van der Waals surface area contributed by atoms with E-state index < -0.39 is 0 Å². The minimum Gasteiger partial charge on any atom is -0.397 e. The van der Waals surface area contributed by atoms with Crippen LogP contribution in [0.4, 0.5) is 11.4 Å². The number of ether oxygens (including phenoxy) is 1. The maximum Gasteiger partial charge on any atom is 0.0614 e. The van der Waals surface area contributed by atoms with Crippen LogP contribution in [0, 0.1) is 0 Å². The summed E-state index contributed by atoms with van der Waals surface area (Å²) in [4.78, 5) is 2.35. The molecule has 0 radical (unpaired) electrons. The molecule has 1 heterocycles. The Morgan fingerprint density at radius 3 is 2.61 bits per heavy atom. The smallest absolute Gasteiger partial charge is 0.0614 e. The van der Waals surface area contributed by atoms with E-state index in [2.05, 4.69) is 10.2 Å². The van der Waals surface area contributed by atoms with Crippen molar-refractivity contribution in [3.05, 3.63) is 22.2 Å². The van der Waals surface area contributed by atoms with Crippen molar-refractivity contribution in [2.45, 2.75) is 0 Å². The van der Waals surface area contributed by atoms with E-state index in [1.165, 1.54) is 0 Å². The number of hydrogen-bond acceptors (Lipinski definition) is 4. The molecule has 0 unspecified atom stereocenters. The lowest BCUT2D eigenvalue weighted by atomic mass is 10.2. The number of nitrogens with one attached hydrogen (secondary N) is 1. The SMILES string of the molecule is Nc1cc(Cl)c(Cl)cc1NCCN1CCOCC1. The molecular weight excluding hydrogens is 273 g/mol. The quantitative estimate of drug-likeness (QED) is 0.836. The molecule has 18 heavy (non-hydrogen) atoms. The molecule has 4 nitrogen and oxygen atoms in total. The highest BCUT2D eigenvalue weighted by atomic mass is 35.5. The predicted octanol–water partition coefficient (Wildman–Crippen LogP) is 2.32. The zero-order valence-electron chi connectivity index (χ0n) is 10.1. The second-order valence-corrected chi connectivity index (χ2v) is 5.05. The number of benzene rings is 1. The van der Waals surface area contributed by atoms with E-state index in [4.69, 9.17) is 33.7 Å². The van der Waals surface area contributed by atoms with Crippen LogP contribution in [0.5, 0.6) is 0 Å². The fourth-order valence-corrected chi connectivity index (χ4v) is 2.22. The van der Waals surface area contributed by atoms with E-state index in [1.54, 1.807) is 12.1 Å². The van der Waals surface area contributed by atoms with Crippen molar-refractivity contribution in [3.63, 3.8) is 0 Å². The summed E-state index contributed by atoms with van der Waals surface area (Å²) in [5, 5.41) is 4.27. The molecule has 3 N–H and O–H groups in total. The monoisotopic (exact) mass is 289 g/mol. The largest absolute Gasteiger partial charge is 0.397 e. The van der Waals surface area contributed by atoms with Gasteiger partial charge in [-0.25, -0.2) is 0 Å². The molecule has 1 fully saturated rings. The Morgan fingerprint density at radius 2 is 1.89 bits per heavy atom. The van der Waals surface area contributed by atoms with Gasteiger partial charge in [0.25, 0.3) is 0 Å². The summed E-state index contributed by atoms with van der Waals surface area (Å²) in [7, 11) is 0. The Kier molecular flexibility index (Phi) is 4.95. The summed E-state index contributed by atoms with van der Waals surface area (Å²) in [6, 6.07) is 3.43. The molecule has 0 amide bonds. The van der Waals surface area contributed by atoms with Crippen molar-refractivity contribution in [2.75, 3.05) is 50.4 Å². The van der Waals surface area contributed by atoms with Crippen LogP contribution in [-0.4, -0.2) is 44.3 Å². The summed E-state index contributed by atoms with van der Waals surface area (Å²) >= 11 is 11.8. The molecule has 0 bridgehead atoms. The molecule has 0 saturated carbocycles. The number of morpholine rings is 1.